The normalized spacial score (nSPS) is 11.8. The fourth-order valence-electron chi connectivity index (χ4n) is 3.12. The van der Waals surface area contributed by atoms with Crippen LogP contribution in [0.4, 0.5) is 13.2 Å². The van der Waals surface area contributed by atoms with Crippen molar-refractivity contribution >= 4 is 39.2 Å². The molecule has 1 aromatic heterocycles. The van der Waals surface area contributed by atoms with Crippen LogP contribution in [0.5, 0.6) is 5.75 Å². The maximum Gasteiger partial charge on any atom is 0.416 e. The van der Waals surface area contributed by atoms with Crippen LogP contribution < -0.4 is 4.74 Å². The molecule has 0 fully saturated rings. The largest absolute Gasteiger partial charge is 0.482 e. The molecule has 1 N–H and O–H groups in total. The fraction of sp³-hybridized carbons (Fsp3) is 0.318. The van der Waals surface area contributed by atoms with Gasteiger partial charge in [-0.3, -0.25) is 0 Å². The van der Waals surface area contributed by atoms with Crippen molar-refractivity contribution in [1.82, 2.24) is 0 Å². The van der Waals surface area contributed by atoms with E-state index >= 15 is 0 Å². The van der Waals surface area contributed by atoms with E-state index in [4.69, 9.17) is 9.84 Å². The number of fused-ring (bicyclic) bond motifs is 1. The summed E-state index contributed by atoms with van der Waals surface area (Å²) >= 11 is 3.25. The van der Waals surface area contributed by atoms with Crippen molar-refractivity contribution in [3.8, 4) is 5.75 Å². The molecule has 0 saturated heterocycles. The summed E-state index contributed by atoms with van der Waals surface area (Å²) in [5, 5.41) is 9.38. The Morgan fingerprint density at radius 3 is 2.60 bits per heavy atom. The number of halogens is 3. The molecular weight excluding hydrogens is 433 g/mol. The first-order valence-electron chi connectivity index (χ1n) is 9.32. The van der Waals surface area contributed by atoms with Crippen LogP contribution in [0.25, 0.3) is 10.1 Å². The molecule has 0 aliphatic carbocycles. The van der Waals surface area contributed by atoms with Crippen LogP contribution in [-0.4, -0.2) is 23.4 Å². The SMILES string of the molecule is Cc1cc(SCCCc2sc3ccc(C(F)(F)F)cc3c2C)ccc1OCC(=O)O. The van der Waals surface area contributed by atoms with Gasteiger partial charge in [-0.15, -0.1) is 23.1 Å². The van der Waals surface area contributed by atoms with Crippen molar-refractivity contribution < 1.29 is 27.8 Å². The highest BCUT2D eigenvalue weighted by atomic mass is 32.2. The molecule has 3 nitrogen and oxygen atoms in total. The topological polar surface area (TPSA) is 46.5 Å². The number of benzene rings is 2. The van der Waals surface area contributed by atoms with Gasteiger partial charge in [0.2, 0.25) is 0 Å². The lowest BCUT2D eigenvalue weighted by atomic mass is 10.1. The van der Waals surface area contributed by atoms with E-state index in [1.165, 1.54) is 6.07 Å². The van der Waals surface area contributed by atoms with Crippen molar-refractivity contribution in [1.29, 1.82) is 0 Å². The van der Waals surface area contributed by atoms with E-state index < -0.39 is 17.7 Å². The van der Waals surface area contributed by atoms with Gasteiger partial charge in [0.25, 0.3) is 0 Å². The zero-order valence-corrected chi connectivity index (χ0v) is 18.1. The number of alkyl halides is 3. The maximum atomic E-state index is 13.0. The van der Waals surface area contributed by atoms with Gasteiger partial charge in [0.1, 0.15) is 5.75 Å². The molecule has 0 saturated carbocycles. The van der Waals surface area contributed by atoms with Crippen molar-refractivity contribution in [2.24, 2.45) is 0 Å². The Bertz CT molecular complexity index is 1060. The molecule has 0 spiro atoms. The summed E-state index contributed by atoms with van der Waals surface area (Å²) in [4.78, 5) is 12.8. The van der Waals surface area contributed by atoms with E-state index in [-0.39, 0.29) is 6.61 Å². The second-order valence-electron chi connectivity index (χ2n) is 6.92. The lowest BCUT2D eigenvalue weighted by Gasteiger charge is -2.09. The first-order chi connectivity index (χ1) is 14.1. The zero-order chi connectivity index (χ0) is 21.9. The lowest BCUT2D eigenvalue weighted by Crippen LogP contribution is -2.09. The fourth-order valence-corrected chi connectivity index (χ4v) is 5.30. The van der Waals surface area contributed by atoms with Gasteiger partial charge in [-0.05, 0) is 85.4 Å². The van der Waals surface area contributed by atoms with Gasteiger partial charge in [-0.1, -0.05) is 0 Å². The number of thioether (sulfide) groups is 1. The highest BCUT2D eigenvalue weighted by molar-refractivity contribution is 7.99. The van der Waals surface area contributed by atoms with Gasteiger partial charge >= 0.3 is 12.1 Å². The average molecular weight is 455 g/mol. The van der Waals surface area contributed by atoms with E-state index in [0.29, 0.717) is 11.1 Å². The van der Waals surface area contributed by atoms with Crippen molar-refractivity contribution in [3.63, 3.8) is 0 Å². The summed E-state index contributed by atoms with van der Waals surface area (Å²) in [5.74, 6) is 0.413. The number of carboxylic acid groups (broad SMARTS) is 1. The zero-order valence-electron chi connectivity index (χ0n) is 16.5. The number of hydrogen-bond donors (Lipinski definition) is 1. The molecule has 0 radical (unpaired) electrons. The van der Waals surface area contributed by atoms with Gasteiger partial charge in [0, 0.05) is 14.5 Å². The standard InChI is InChI=1S/C22H21F3O3S2/c1-13-10-16(6-7-18(13)28-12-21(26)27)29-9-3-4-19-14(2)17-11-15(22(23,24)25)5-8-20(17)30-19/h5-8,10-11H,3-4,9,12H2,1-2H3,(H,26,27). The van der Waals surface area contributed by atoms with Crippen molar-refractivity contribution in [2.45, 2.75) is 37.8 Å². The van der Waals surface area contributed by atoms with Gasteiger partial charge in [-0.2, -0.15) is 13.2 Å². The highest BCUT2D eigenvalue weighted by Crippen LogP contribution is 2.37. The number of hydrogen-bond acceptors (Lipinski definition) is 4. The monoisotopic (exact) mass is 454 g/mol. The van der Waals surface area contributed by atoms with Crippen LogP contribution in [0.15, 0.2) is 41.3 Å². The van der Waals surface area contributed by atoms with Gasteiger partial charge in [-0.25, -0.2) is 4.79 Å². The average Bonchev–Trinajstić information content (AvgIpc) is 2.99. The molecular formula is C22H21F3O3S2. The number of thiophene rings is 1. The molecule has 0 atom stereocenters. The molecule has 3 rings (SSSR count). The van der Waals surface area contributed by atoms with Crippen molar-refractivity contribution in [2.75, 3.05) is 12.4 Å². The predicted octanol–water partition coefficient (Wildman–Crippen LogP) is 6.73. The summed E-state index contributed by atoms with van der Waals surface area (Å²) < 4.78 is 45.0. The second kappa shape index (κ2) is 9.31. The van der Waals surface area contributed by atoms with Gasteiger partial charge < -0.3 is 9.84 Å². The summed E-state index contributed by atoms with van der Waals surface area (Å²) in [5.41, 5.74) is 1.20. The Labute approximate surface area is 180 Å². The van der Waals surface area contributed by atoms with Crippen LogP contribution in [0.1, 0.15) is 28.0 Å². The van der Waals surface area contributed by atoms with Crippen molar-refractivity contribution in [3.05, 3.63) is 58.0 Å². The second-order valence-corrected chi connectivity index (χ2v) is 9.23. The quantitative estimate of drug-likeness (QED) is 0.303. The van der Waals surface area contributed by atoms with Crippen LogP contribution in [0.2, 0.25) is 0 Å². The molecule has 30 heavy (non-hydrogen) atoms. The van der Waals surface area contributed by atoms with E-state index in [1.54, 1.807) is 35.2 Å². The smallest absolute Gasteiger partial charge is 0.416 e. The summed E-state index contributed by atoms with van der Waals surface area (Å²) in [6.07, 6.45) is -2.61. The van der Waals surface area contributed by atoms with E-state index in [1.807, 2.05) is 26.0 Å². The minimum Gasteiger partial charge on any atom is -0.482 e. The third-order valence-corrected chi connectivity index (χ3v) is 7.09. The molecule has 0 bridgehead atoms. The Balaban J connectivity index is 1.58. The molecule has 3 aromatic rings. The summed E-state index contributed by atoms with van der Waals surface area (Å²) in [6, 6.07) is 9.59. The minimum absolute atomic E-state index is 0.369. The van der Waals surface area contributed by atoms with Crippen LogP contribution in [0, 0.1) is 13.8 Å². The Kier molecular flexibility index (Phi) is 6.98. The number of ether oxygens (including phenoxy) is 1. The van der Waals surface area contributed by atoms with E-state index in [9.17, 15) is 18.0 Å². The summed E-state index contributed by atoms with van der Waals surface area (Å²) in [6.45, 7) is 3.39. The molecule has 0 unspecified atom stereocenters. The van der Waals surface area contributed by atoms with E-state index in [0.717, 1.165) is 50.3 Å². The predicted molar refractivity (Wildman–Crippen MR) is 115 cm³/mol. The molecule has 8 heteroatoms. The van der Waals surface area contributed by atoms with Gasteiger partial charge in [0.05, 0.1) is 5.56 Å². The van der Waals surface area contributed by atoms with Gasteiger partial charge in [0.15, 0.2) is 6.61 Å². The number of rotatable bonds is 8. The van der Waals surface area contributed by atoms with E-state index in [2.05, 4.69) is 0 Å². The first-order valence-corrected chi connectivity index (χ1v) is 11.1. The Morgan fingerprint density at radius 2 is 1.93 bits per heavy atom. The maximum absolute atomic E-state index is 13.0. The Hall–Kier alpha value is -2.19. The third-order valence-electron chi connectivity index (χ3n) is 4.68. The lowest BCUT2D eigenvalue weighted by molar-refractivity contribution is -0.139. The van der Waals surface area contributed by atoms with Crippen LogP contribution in [0.3, 0.4) is 0 Å². The minimum atomic E-state index is -4.33. The number of carboxylic acids is 1. The number of aliphatic carboxylic acids is 1. The molecule has 0 aliphatic rings. The molecule has 160 valence electrons. The molecule has 0 amide bonds. The molecule has 0 aliphatic heterocycles. The first kappa shape index (κ1) is 22.5. The molecule has 1 heterocycles. The van der Waals surface area contributed by atoms with Crippen LogP contribution >= 0.6 is 23.1 Å². The molecule has 2 aromatic carbocycles. The Morgan fingerprint density at radius 1 is 1.17 bits per heavy atom. The number of aryl methyl sites for hydroxylation is 3. The summed E-state index contributed by atoms with van der Waals surface area (Å²) in [7, 11) is 0. The third kappa shape index (κ3) is 5.49. The van der Waals surface area contributed by atoms with Crippen LogP contribution in [-0.2, 0) is 17.4 Å². The highest BCUT2D eigenvalue weighted by Gasteiger charge is 2.30. The number of carbonyl (C=O) groups is 1.